The van der Waals surface area contributed by atoms with Crippen LogP contribution in [0, 0.1) is 17.8 Å². The van der Waals surface area contributed by atoms with Gasteiger partial charge in [-0.15, -0.1) is 0 Å². The van der Waals surface area contributed by atoms with Crippen molar-refractivity contribution in [3.8, 4) is 5.75 Å². The monoisotopic (exact) mass is 365 g/mol. The molecule has 1 aromatic rings. The van der Waals surface area contributed by atoms with Gasteiger partial charge >= 0.3 is 0 Å². The van der Waals surface area contributed by atoms with Crippen molar-refractivity contribution in [2.45, 2.75) is 49.0 Å². The Morgan fingerprint density at radius 3 is 2.12 bits per heavy atom. The lowest BCUT2D eigenvalue weighted by atomic mass is 9.54. The molecule has 1 N–H and O–H groups in total. The smallest absolute Gasteiger partial charge is 0.240 e. The van der Waals surface area contributed by atoms with Crippen LogP contribution in [0.25, 0.3) is 0 Å². The van der Waals surface area contributed by atoms with Crippen molar-refractivity contribution in [1.29, 1.82) is 0 Å². The molecular weight excluding hydrogens is 338 g/mol. The molecule has 0 spiro atoms. The van der Waals surface area contributed by atoms with E-state index in [1.807, 2.05) is 0 Å². The zero-order valence-electron chi connectivity index (χ0n) is 14.7. The van der Waals surface area contributed by atoms with E-state index in [4.69, 9.17) is 9.47 Å². The van der Waals surface area contributed by atoms with Gasteiger partial charge in [0.05, 0.1) is 24.2 Å². The number of rotatable bonds is 7. The van der Waals surface area contributed by atoms with Crippen molar-refractivity contribution in [1.82, 2.24) is 4.72 Å². The van der Waals surface area contributed by atoms with E-state index < -0.39 is 10.0 Å². The highest BCUT2D eigenvalue weighted by molar-refractivity contribution is 7.89. The summed E-state index contributed by atoms with van der Waals surface area (Å²) in [6, 6.07) is 6.42. The fourth-order valence-electron chi connectivity index (χ4n) is 5.49. The van der Waals surface area contributed by atoms with E-state index in [1.165, 1.54) is 38.5 Å². The molecule has 4 aliphatic carbocycles. The van der Waals surface area contributed by atoms with Crippen LogP contribution in [0.1, 0.15) is 38.5 Å². The van der Waals surface area contributed by atoms with Gasteiger partial charge in [0, 0.05) is 6.54 Å². The minimum atomic E-state index is -3.50. The molecule has 4 saturated carbocycles. The lowest BCUT2D eigenvalue weighted by Crippen LogP contribution is -2.52. The average molecular weight is 365 g/mol. The molecule has 0 aliphatic heterocycles. The summed E-state index contributed by atoms with van der Waals surface area (Å²) < 4.78 is 38.7. The third kappa shape index (κ3) is 3.57. The maximum atomic E-state index is 12.3. The molecule has 0 aromatic heterocycles. The van der Waals surface area contributed by atoms with E-state index in [-0.39, 0.29) is 10.5 Å². The lowest BCUT2D eigenvalue weighted by Gasteiger charge is -2.56. The van der Waals surface area contributed by atoms with Crippen molar-refractivity contribution in [3.63, 3.8) is 0 Å². The summed E-state index contributed by atoms with van der Waals surface area (Å²) in [6.45, 7) is 0.762. The SMILES string of the molecule is COc1ccc(S(=O)(=O)NCCOC23CC4CC(CC(C4)C2)C3)cc1. The molecule has 4 fully saturated rings. The highest BCUT2D eigenvalue weighted by Crippen LogP contribution is 2.57. The van der Waals surface area contributed by atoms with Gasteiger partial charge in [-0.2, -0.15) is 0 Å². The number of methoxy groups -OCH3 is 1. The quantitative estimate of drug-likeness (QED) is 0.755. The van der Waals surface area contributed by atoms with Crippen LogP contribution in [0.3, 0.4) is 0 Å². The van der Waals surface area contributed by atoms with Gasteiger partial charge in [-0.25, -0.2) is 13.1 Å². The van der Waals surface area contributed by atoms with Crippen molar-refractivity contribution >= 4 is 10.0 Å². The molecule has 0 radical (unpaired) electrons. The minimum absolute atomic E-state index is 0.0281. The molecule has 0 amide bonds. The minimum Gasteiger partial charge on any atom is -0.497 e. The fourth-order valence-corrected chi connectivity index (χ4v) is 6.50. The van der Waals surface area contributed by atoms with Gasteiger partial charge in [0.15, 0.2) is 0 Å². The van der Waals surface area contributed by atoms with Gasteiger partial charge < -0.3 is 9.47 Å². The first-order valence-electron chi connectivity index (χ1n) is 9.26. The van der Waals surface area contributed by atoms with E-state index in [9.17, 15) is 8.42 Å². The van der Waals surface area contributed by atoms with Crippen LogP contribution in [0.4, 0.5) is 0 Å². The van der Waals surface area contributed by atoms with Crippen LogP contribution in [-0.2, 0) is 14.8 Å². The van der Waals surface area contributed by atoms with Crippen LogP contribution in [0.15, 0.2) is 29.2 Å². The Labute approximate surface area is 150 Å². The Hall–Kier alpha value is -1.11. The summed E-state index contributed by atoms with van der Waals surface area (Å²) in [7, 11) is -1.94. The largest absolute Gasteiger partial charge is 0.497 e. The molecule has 138 valence electrons. The Kier molecular flexibility index (Phi) is 4.54. The Morgan fingerprint density at radius 2 is 1.60 bits per heavy atom. The molecule has 0 atom stereocenters. The molecule has 0 unspecified atom stereocenters. The maximum absolute atomic E-state index is 12.3. The molecule has 4 aliphatic rings. The Morgan fingerprint density at radius 1 is 1.04 bits per heavy atom. The van der Waals surface area contributed by atoms with Gasteiger partial charge in [0.25, 0.3) is 0 Å². The Balaban J connectivity index is 1.30. The molecule has 1 aromatic carbocycles. The summed E-state index contributed by atoms with van der Waals surface area (Å²) >= 11 is 0. The number of ether oxygens (including phenoxy) is 2. The van der Waals surface area contributed by atoms with E-state index in [1.54, 1.807) is 31.4 Å². The zero-order chi connectivity index (χ0) is 17.5. The summed E-state index contributed by atoms with van der Waals surface area (Å²) in [5.74, 6) is 3.15. The van der Waals surface area contributed by atoms with E-state index >= 15 is 0 Å². The number of hydrogen-bond acceptors (Lipinski definition) is 4. The first-order chi connectivity index (χ1) is 12.0. The fraction of sp³-hybridized carbons (Fsp3) is 0.684. The van der Waals surface area contributed by atoms with Gasteiger partial charge in [0.2, 0.25) is 10.0 Å². The number of nitrogens with one attached hydrogen (secondary N) is 1. The first kappa shape index (κ1) is 17.3. The second-order valence-electron chi connectivity index (χ2n) is 8.02. The average Bonchev–Trinajstić information content (AvgIpc) is 2.58. The van der Waals surface area contributed by atoms with Crippen molar-refractivity contribution in [2.24, 2.45) is 17.8 Å². The van der Waals surface area contributed by atoms with Crippen molar-refractivity contribution in [3.05, 3.63) is 24.3 Å². The van der Waals surface area contributed by atoms with Gasteiger partial charge in [0.1, 0.15) is 5.75 Å². The molecule has 0 saturated heterocycles. The number of hydrogen-bond donors (Lipinski definition) is 1. The molecule has 6 heteroatoms. The third-order valence-corrected chi connectivity index (χ3v) is 7.63. The van der Waals surface area contributed by atoms with Crippen molar-refractivity contribution < 1.29 is 17.9 Å². The van der Waals surface area contributed by atoms with Crippen molar-refractivity contribution in [2.75, 3.05) is 20.3 Å². The summed E-state index contributed by atoms with van der Waals surface area (Å²) in [4.78, 5) is 0.253. The highest BCUT2D eigenvalue weighted by Gasteiger charge is 2.51. The third-order valence-electron chi connectivity index (χ3n) is 6.15. The number of sulfonamides is 1. The van der Waals surface area contributed by atoms with Crippen LogP contribution in [0.2, 0.25) is 0 Å². The van der Waals surface area contributed by atoms with Gasteiger partial charge in [-0.1, -0.05) is 0 Å². The summed E-state index contributed by atoms with van der Waals surface area (Å²) in [5.41, 5.74) is 0.0281. The van der Waals surface area contributed by atoms with E-state index in [0.29, 0.717) is 18.9 Å². The standard InChI is InChI=1S/C19H27NO4S/c1-23-17-2-4-18(5-3-17)25(21,22)20-6-7-24-19-11-14-8-15(12-19)10-16(9-14)13-19/h2-5,14-16,20H,6-13H2,1H3. The second-order valence-corrected chi connectivity index (χ2v) is 9.79. The summed E-state index contributed by atoms with van der Waals surface area (Å²) in [6.07, 6.45) is 7.66. The maximum Gasteiger partial charge on any atom is 0.240 e. The topological polar surface area (TPSA) is 64.6 Å². The zero-order valence-corrected chi connectivity index (χ0v) is 15.6. The van der Waals surface area contributed by atoms with E-state index in [0.717, 1.165) is 17.8 Å². The predicted molar refractivity (Wildman–Crippen MR) is 95.0 cm³/mol. The second kappa shape index (κ2) is 6.56. The molecule has 25 heavy (non-hydrogen) atoms. The van der Waals surface area contributed by atoms with Gasteiger partial charge in [-0.3, -0.25) is 0 Å². The molecular formula is C19H27NO4S. The highest BCUT2D eigenvalue weighted by atomic mass is 32.2. The van der Waals surface area contributed by atoms with Crippen LogP contribution in [-0.4, -0.2) is 34.3 Å². The van der Waals surface area contributed by atoms with Crippen LogP contribution in [0.5, 0.6) is 5.75 Å². The Bertz CT molecular complexity index is 678. The van der Waals surface area contributed by atoms with E-state index in [2.05, 4.69) is 4.72 Å². The predicted octanol–water partition coefficient (Wildman–Crippen LogP) is 2.96. The lowest BCUT2D eigenvalue weighted by molar-refractivity contribution is -0.160. The normalized spacial score (nSPS) is 33.6. The molecule has 5 rings (SSSR count). The summed E-state index contributed by atoms with van der Waals surface area (Å²) in [5, 5.41) is 0. The van der Waals surface area contributed by atoms with Crippen LogP contribution < -0.4 is 9.46 Å². The molecule has 4 bridgehead atoms. The van der Waals surface area contributed by atoms with Gasteiger partial charge in [-0.05, 0) is 80.5 Å². The number of benzene rings is 1. The van der Waals surface area contributed by atoms with Crippen LogP contribution >= 0.6 is 0 Å². The molecule has 5 nitrogen and oxygen atoms in total. The molecule has 0 heterocycles. The first-order valence-corrected chi connectivity index (χ1v) is 10.7.